The molecule has 22 heavy (non-hydrogen) atoms. The number of hydrogen-bond acceptors (Lipinski definition) is 5. The number of nitro benzene ring substituents is 1. The lowest BCUT2D eigenvalue weighted by Gasteiger charge is -2.28. The van der Waals surface area contributed by atoms with E-state index in [-0.39, 0.29) is 10.6 Å². The smallest absolute Gasteiger partial charge is 0.374 e. The Bertz CT molecular complexity index is 452. The van der Waals surface area contributed by atoms with Crippen LogP contribution < -0.4 is 0 Å². The molecule has 0 aromatic heterocycles. The monoisotopic (exact) mass is 327 g/mol. The van der Waals surface area contributed by atoms with E-state index in [2.05, 4.69) is 0 Å². The summed E-state index contributed by atoms with van der Waals surface area (Å²) in [5.74, 6) is 0. The van der Waals surface area contributed by atoms with Crippen molar-refractivity contribution >= 4 is 14.5 Å². The van der Waals surface area contributed by atoms with Crippen LogP contribution in [0.1, 0.15) is 32.8 Å². The van der Waals surface area contributed by atoms with Crippen LogP contribution in [0.25, 0.3) is 0 Å². The van der Waals surface area contributed by atoms with Crippen molar-refractivity contribution in [2.24, 2.45) is 0 Å². The van der Waals surface area contributed by atoms with Gasteiger partial charge in [-0.25, -0.2) is 0 Å². The fraction of sp³-hybridized carbons (Fsp3) is 0.600. The Kier molecular flexibility index (Phi) is 8.25. The average molecular weight is 327 g/mol. The zero-order chi connectivity index (χ0) is 16.4. The Hall–Kier alpha value is -1.28. The molecule has 0 heterocycles. The minimum absolute atomic E-state index is 0.166. The standard InChI is InChI=1S/C15H25NO5Si/c1-4-19-22(20-5-2,21-6-3)13-9-11-14-10-7-8-12-15(14)16(17)18/h7-8,10,12H,4-6,9,11,13H2,1-3H3. The second-order valence-corrected chi connectivity index (χ2v) is 7.45. The van der Waals surface area contributed by atoms with Gasteiger partial charge in [-0.2, -0.15) is 0 Å². The average Bonchev–Trinajstić information content (AvgIpc) is 2.48. The van der Waals surface area contributed by atoms with E-state index in [9.17, 15) is 10.1 Å². The van der Waals surface area contributed by atoms with Gasteiger partial charge in [0.25, 0.3) is 5.69 Å². The van der Waals surface area contributed by atoms with Gasteiger partial charge in [0.2, 0.25) is 0 Å². The molecular weight excluding hydrogens is 302 g/mol. The molecule has 0 unspecified atom stereocenters. The number of rotatable bonds is 11. The second kappa shape index (κ2) is 9.68. The molecule has 1 aromatic carbocycles. The SMILES string of the molecule is CCO[Si](CCCc1ccccc1[N+](=O)[O-])(OCC)OCC. The van der Waals surface area contributed by atoms with Gasteiger partial charge in [-0.05, 0) is 33.6 Å². The number of para-hydroxylation sites is 1. The van der Waals surface area contributed by atoms with Gasteiger partial charge in [0, 0.05) is 37.5 Å². The molecule has 0 bridgehead atoms. The Morgan fingerprint density at radius 3 is 2.09 bits per heavy atom. The van der Waals surface area contributed by atoms with Gasteiger partial charge in [0.15, 0.2) is 0 Å². The van der Waals surface area contributed by atoms with E-state index in [1.165, 1.54) is 6.07 Å². The van der Waals surface area contributed by atoms with Gasteiger partial charge in [-0.1, -0.05) is 18.2 Å². The number of benzene rings is 1. The molecule has 0 spiro atoms. The highest BCUT2D eigenvalue weighted by atomic mass is 28.4. The summed E-state index contributed by atoms with van der Waals surface area (Å²) in [4.78, 5) is 10.7. The molecular formula is C15H25NO5Si. The van der Waals surface area contributed by atoms with E-state index in [0.717, 1.165) is 12.0 Å². The maximum atomic E-state index is 11.0. The molecule has 0 saturated heterocycles. The predicted molar refractivity (Wildman–Crippen MR) is 86.9 cm³/mol. The fourth-order valence-corrected chi connectivity index (χ4v) is 5.01. The van der Waals surface area contributed by atoms with Gasteiger partial charge in [0.05, 0.1) is 4.92 Å². The van der Waals surface area contributed by atoms with Crippen molar-refractivity contribution in [2.75, 3.05) is 19.8 Å². The van der Waals surface area contributed by atoms with Crippen molar-refractivity contribution in [3.63, 3.8) is 0 Å². The summed E-state index contributed by atoms with van der Waals surface area (Å²) in [6, 6.07) is 7.49. The van der Waals surface area contributed by atoms with E-state index in [1.807, 2.05) is 26.8 Å². The lowest BCUT2D eigenvalue weighted by atomic mass is 10.1. The summed E-state index contributed by atoms with van der Waals surface area (Å²) in [6.07, 6.45) is 1.34. The van der Waals surface area contributed by atoms with Crippen LogP contribution in [0.3, 0.4) is 0 Å². The number of aryl methyl sites for hydroxylation is 1. The lowest BCUT2D eigenvalue weighted by molar-refractivity contribution is -0.385. The molecule has 1 rings (SSSR count). The number of hydrogen-bond donors (Lipinski definition) is 0. The van der Waals surface area contributed by atoms with Crippen LogP contribution in [-0.4, -0.2) is 33.5 Å². The quantitative estimate of drug-likeness (QED) is 0.353. The molecule has 7 heteroatoms. The van der Waals surface area contributed by atoms with E-state index in [4.69, 9.17) is 13.3 Å². The first-order chi connectivity index (χ1) is 10.6. The van der Waals surface area contributed by atoms with Gasteiger partial charge < -0.3 is 13.3 Å². The highest BCUT2D eigenvalue weighted by Gasteiger charge is 2.39. The fourth-order valence-electron chi connectivity index (χ4n) is 2.40. The molecule has 0 fully saturated rings. The van der Waals surface area contributed by atoms with Crippen molar-refractivity contribution in [1.29, 1.82) is 0 Å². The molecule has 0 saturated carbocycles. The third kappa shape index (κ3) is 5.49. The lowest BCUT2D eigenvalue weighted by Crippen LogP contribution is -2.46. The first-order valence-corrected chi connectivity index (χ1v) is 9.65. The normalized spacial score (nSPS) is 11.6. The van der Waals surface area contributed by atoms with E-state index >= 15 is 0 Å². The third-order valence-electron chi connectivity index (χ3n) is 3.21. The summed E-state index contributed by atoms with van der Waals surface area (Å²) in [7, 11) is -2.66. The summed E-state index contributed by atoms with van der Waals surface area (Å²) in [6.45, 7) is 7.37. The van der Waals surface area contributed by atoms with E-state index in [1.54, 1.807) is 12.1 Å². The molecule has 124 valence electrons. The Morgan fingerprint density at radius 1 is 1.05 bits per heavy atom. The Labute approximate surface area is 132 Å². The highest BCUT2D eigenvalue weighted by Crippen LogP contribution is 2.23. The van der Waals surface area contributed by atoms with Crippen molar-refractivity contribution < 1.29 is 18.2 Å². The zero-order valence-corrected chi connectivity index (χ0v) is 14.5. The topological polar surface area (TPSA) is 70.8 Å². The van der Waals surface area contributed by atoms with Gasteiger partial charge in [-0.3, -0.25) is 10.1 Å². The molecule has 0 amide bonds. The van der Waals surface area contributed by atoms with Crippen molar-refractivity contribution in [3.8, 4) is 0 Å². The highest BCUT2D eigenvalue weighted by molar-refractivity contribution is 6.60. The third-order valence-corrected chi connectivity index (χ3v) is 6.36. The predicted octanol–water partition coefficient (Wildman–Crippen LogP) is 3.58. The van der Waals surface area contributed by atoms with Gasteiger partial charge in [-0.15, -0.1) is 0 Å². The molecule has 0 aliphatic carbocycles. The molecule has 0 radical (unpaired) electrons. The minimum Gasteiger partial charge on any atom is -0.374 e. The van der Waals surface area contributed by atoms with E-state index < -0.39 is 8.80 Å². The molecule has 0 aliphatic rings. The maximum Gasteiger partial charge on any atom is 0.500 e. The first-order valence-electron chi connectivity index (χ1n) is 7.72. The number of nitrogens with zero attached hydrogens (tertiary/aromatic N) is 1. The van der Waals surface area contributed by atoms with Crippen molar-refractivity contribution in [2.45, 2.75) is 39.7 Å². The molecule has 0 aliphatic heterocycles. The maximum absolute atomic E-state index is 11.0. The molecule has 0 N–H and O–H groups in total. The summed E-state index contributed by atoms with van der Waals surface area (Å²) in [5.41, 5.74) is 0.902. The largest absolute Gasteiger partial charge is 0.500 e. The van der Waals surface area contributed by atoms with Crippen LogP contribution in [0.15, 0.2) is 24.3 Å². The minimum atomic E-state index is -2.66. The summed E-state index contributed by atoms with van der Waals surface area (Å²) in [5, 5.41) is 11.0. The molecule has 1 aromatic rings. The Balaban J connectivity index is 2.71. The zero-order valence-electron chi connectivity index (χ0n) is 13.5. The molecule has 6 nitrogen and oxygen atoms in total. The number of nitro groups is 1. The van der Waals surface area contributed by atoms with Crippen LogP contribution in [0.2, 0.25) is 6.04 Å². The van der Waals surface area contributed by atoms with E-state index in [0.29, 0.717) is 32.3 Å². The van der Waals surface area contributed by atoms with Crippen molar-refractivity contribution in [1.82, 2.24) is 0 Å². The van der Waals surface area contributed by atoms with Crippen LogP contribution in [-0.2, 0) is 19.7 Å². The Morgan fingerprint density at radius 2 is 1.59 bits per heavy atom. The van der Waals surface area contributed by atoms with Crippen molar-refractivity contribution in [3.05, 3.63) is 39.9 Å². The van der Waals surface area contributed by atoms with Crippen LogP contribution in [0, 0.1) is 10.1 Å². The summed E-state index contributed by atoms with van der Waals surface area (Å²) < 4.78 is 17.4. The van der Waals surface area contributed by atoms with Gasteiger partial charge in [0.1, 0.15) is 0 Å². The first kappa shape index (κ1) is 18.8. The second-order valence-electron chi connectivity index (χ2n) is 4.72. The van der Waals surface area contributed by atoms with Crippen LogP contribution >= 0.6 is 0 Å². The van der Waals surface area contributed by atoms with Crippen LogP contribution in [0.4, 0.5) is 5.69 Å². The van der Waals surface area contributed by atoms with Crippen LogP contribution in [0.5, 0.6) is 0 Å². The summed E-state index contributed by atoms with van der Waals surface area (Å²) >= 11 is 0. The molecule has 0 atom stereocenters. The van der Waals surface area contributed by atoms with Gasteiger partial charge >= 0.3 is 8.80 Å².